The van der Waals surface area contributed by atoms with Crippen molar-refractivity contribution in [3.63, 3.8) is 0 Å². The van der Waals surface area contributed by atoms with Crippen molar-refractivity contribution in [2.24, 2.45) is 0 Å². The predicted octanol–water partition coefficient (Wildman–Crippen LogP) is 5.42. The van der Waals surface area contributed by atoms with Gasteiger partial charge in [0.25, 0.3) is 0 Å². The number of fused-ring (bicyclic) bond motifs is 4. The van der Waals surface area contributed by atoms with Crippen LogP contribution in [-0.2, 0) is 12.8 Å². The van der Waals surface area contributed by atoms with Gasteiger partial charge in [-0.2, -0.15) is 0 Å². The molecule has 0 spiro atoms. The number of para-hydroxylation sites is 1. The molecule has 188 valence electrons. The summed E-state index contributed by atoms with van der Waals surface area (Å²) in [5.41, 5.74) is 6.32. The van der Waals surface area contributed by atoms with Gasteiger partial charge in [-0.3, -0.25) is 9.80 Å². The molecule has 0 radical (unpaired) electrons. The fourth-order valence-electron chi connectivity index (χ4n) is 6.47. The number of anilines is 1. The van der Waals surface area contributed by atoms with Crippen LogP contribution >= 0.6 is 0 Å². The van der Waals surface area contributed by atoms with Gasteiger partial charge in [0.1, 0.15) is 5.75 Å². The third kappa shape index (κ3) is 4.46. The summed E-state index contributed by atoms with van der Waals surface area (Å²) >= 11 is 0. The first-order valence-electron chi connectivity index (χ1n) is 13.7. The van der Waals surface area contributed by atoms with Gasteiger partial charge in [-0.1, -0.05) is 43.3 Å². The highest BCUT2D eigenvalue weighted by molar-refractivity contribution is 6.13. The lowest BCUT2D eigenvalue weighted by Gasteiger charge is -2.39. The topological polar surface area (TPSA) is 45.7 Å². The second-order valence-corrected chi connectivity index (χ2v) is 10.5. The van der Waals surface area contributed by atoms with Crippen LogP contribution in [0.4, 0.5) is 5.69 Å². The minimum absolute atomic E-state index is 0.481. The number of aromatic hydroxyl groups is 1. The molecule has 0 bridgehead atoms. The van der Waals surface area contributed by atoms with Gasteiger partial charge < -0.3 is 15.0 Å². The van der Waals surface area contributed by atoms with E-state index in [0.717, 1.165) is 65.1 Å². The lowest BCUT2D eigenvalue weighted by molar-refractivity contribution is 0.145. The van der Waals surface area contributed by atoms with Gasteiger partial charge in [-0.05, 0) is 67.6 Å². The molecule has 1 atom stereocenters. The van der Waals surface area contributed by atoms with E-state index in [1.807, 2.05) is 12.1 Å². The summed E-state index contributed by atoms with van der Waals surface area (Å²) in [4.78, 5) is 11.5. The molecule has 0 unspecified atom stereocenters. The first-order chi connectivity index (χ1) is 17.7. The Morgan fingerprint density at radius 1 is 0.917 bits per heavy atom. The summed E-state index contributed by atoms with van der Waals surface area (Å²) in [5.74, 6) is 0.481. The monoisotopic (exact) mass is 482 g/mol. The molecular weight excluding hydrogens is 444 g/mol. The molecule has 1 fully saturated rings. The zero-order valence-electron chi connectivity index (χ0n) is 21.4. The van der Waals surface area contributed by atoms with E-state index in [1.165, 1.54) is 45.0 Å². The van der Waals surface area contributed by atoms with Crippen LogP contribution in [0.25, 0.3) is 21.8 Å². The predicted molar refractivity (Wildman–Crippen MR) is 150 cm³/mol. The molecule has 3 aromatic carbocycles. The molecule has 5 heteroatoms. The van der Waals surface area contributed by atoms with Gasteiger partial charge in [-0.25, -0.2) is 0 Å². The fourth-order valence-corrected chi connectivity index (χ4v) is 6.47. The normalized spacial score (nSPS) is 18.8. The molecule has 1 aliphatic heterocycles. The van der Waals surface area contributed by atoms with Crippen LogP contribution in [0.1, 0.15) is 30.9 Å². The lowest BCUT2D eigenvalue weighted by atomic mass is 9.87. The molecule has 2 aliphatic rings. The third-order valence-electron chi connectivity index (χ3n) is 8.38. The van der Waals surface area contributed by atoms with Crippen molar-refractivity contribution >= 4 is 27.5 Å². The van der Waals surface area contributed by atoms with Gasteiger partial charge in [0.2, 0.25) is 0 Å². The third-order valence-corrected chi connectivity index (χ3v) is 8.38. The number of aromatic nitrogens is 1. The number of H-pyrrole nitrogens is 1. The second kappa shape index (κ2) is 10.2. The van der Waals surface area contributed by atoms with Gasteiger partial charge >= 0.3 is 0 Å². The number of nitrogens with one attached hydrogen (secondary N) is 1. The maximum Gasteiger partial charge on any atom is 0.119 e. The lowest BCUT2D eigenvalue weighted by Crippen LogP contribution is -2.50. The van der Waals surface area contributed by atoms with Crippen LogP contribution in [0.15, 0.2) is 60.7 Å². The summed E-state index contributed by atoms with van der Waals surface area (Å²) in [6.45, 7) is 10.1. The zero-order chi connectivity index (χ0) is 24.5. The van der Waals surface area contributed by atoms with Gasteiger partial charge in [0.15, 0.2) is 0 Å². The van der Waals surface area contributed by atoms with Crippen LogP contribution in [0.2, 0.25) is 0 Å². The summed E-state index contributed by atoms with van der Waals surface area (Å²) in [7, 11) is 0. The fraction of sp³-hybridized carbons (Fsp3) is 0.419. The molecule has 36 heavy (non-hydrogen) atoms. The van der Waals surface area contributed by atoms with Crippen LogP contribution < -0.4 is 4.90 Å². The number of phenols is 1. The Bertz CT molecular complexity index is 1340. The molecule has 1 saturated heterocycles. The number of phenolic OH excluding ortho intramolecular Hbond substituents is 1. The average molecular weight is 483 g/mol. The number of hydrogen-bond donors (Lipinski definition) is 2. The Morgan fingerprint density at radius 2 is 1.72 bits per heavy atom. The highest BCUT2D eigenvalue weighted by Crippen LogP contribution is 2.34. The van der Waals surface area contributed by atoms with Crippen molar-refractivity contribution in [1.29, 1.82) is 0 Å². The highest BCUT2D eigenvalue weighted by Gasteiger charge is 2.26. The Kier molecular flexibility index (Phi) is 6.60. The quantitative estimate of drug-likeness (QED) is 0.369. The van der Waals surface area contributed by atoms with Crippen molar-refractivity contribution in [3.05, 3.63) is 71.8 Å². The molecule has 5 nitrogen and oxygen atoms in total. The van der Waals surface area contributed by atoms with E-state index in [0.29, 0.717) is 11.8 Å². The van der Waals surface area contributed by atoms with Crippen molar-refractivity contribution in [3.8, 4) is 5.75 Å². The number of nitrogens with zero attached hydrogens (tertiary/aromatic N) is 3. The van der Waals surface area contributed by atoms with Crippen LogP contribution in [0.3, 0.4) is 0 Å². The van der Waals surface area contributed by atoms with Crippen LogP contribution in [0, 0.1) is 0 Å². The molecule has 1 aliphatic carbocycles. The Labute approximate surface area is 214 Å². The smallest absolute Gasteiger partial charge is 0.119 e. The summed E-state index contributed by atoms with van der Waals surface area (Å²) in [6, 6.07) is 22.0. The van der Waals surface area contributed by atoms with E-state index in [9.17, 15) is 5.11 Å². The number of hydrogen-bond acceptors (Lipinski definition) is 4. The van der Waals surface area contributed by atoms with E-state index in [-0.39, 0.29) is 0 Å². The summed E-state index contributed by atoms with van der Waals surface area (Å²) < 4.78 is 0. The Morgan fingerprint density at radius 3 is 2.58 bits per heavy atom. The number of rotatable bonds is 7. The average Bonchev–Trinajstić information content (AvgIpc) is 3.30. The van der Waals surface area contributed by atoms with Crippen LogP contribution in [0.5, 0.6) is 5.75 Å². The SMILES string of the molecule is CCCN(CCN1CCN(c2cccc3[nH]c4ccccc4c23)CC1)[C@H]1CCc2c(O)cccc2C1. The molecule has 2 N–H and O–H groups in total. The highest BCUT2D eigenvalue weighted by atomic mass is 16.3. The van der Waals surface area contributed by atoms with Gasteiger partial charge in [-0.15, -0.1) is 0 Å². The minimum atomic E-state index is 0.481. The zero-order valence-corrected chi connectivity index (χ0v) is 21.4. The maximum absolute atomic E-state index is 10.2. The Hall–Kier alpha value is -3.02. The van der Waals surface area contributed by atoms with E-state index < -0.39 is 0 Å². The number of aromatic amines is 1. The van der Waals surface area contributed by atoms with Gasteiger partial charge in [0, 0.05) is 72.8 Å². The van der Waals surface area contributed by atoms with E-state index >= 15 is 0 Å². The molecular formula is C31H38N4O. The largest absolute Gasteiger partial charge is 0.508 e. The molecule has 4 aromatic rings. The number of piperazine rings is 1. The first kappa shape index (κ1) is 23.4. The van der Waals surface area contributed by atoms with Crippen molar-refractivity contribution in [2.75, 3.05) is 50.7 Å². The van der Waals surface area contributed by atoms with E-state index in [1.54, 1.807) is 0 Å². The molecule has 1 aromatic heterocycles. The van der Waals surface area contributed by atoms with Crippen molar-refractivity contribution in [1.82, 2.24) is 14.8 Å². The molecule has 2 heterocycles. The van der Waals surface area contributed by atoms with Crippen LogP contribution in [-0.4, -0.2) is 71.7 Å². The second-order valence-electron chi connectivity index (χ2n) is 10.5. The van der Waals surface area contributed by atoms with Gasteiger partial charge in [0.05, 0.1) is 0 Å². The van der Waals surface area contributed by atoms with E-state index in [2.05, 4.69) is 75.1 Å². The van der Waals surface area contributed by atoms with Crippen molar-refractivity contribution in [2.45, 2.75) is 38.6 Å². The summed E-state index contributed by atoms with van der Waals surface area (Å²) in [6.07, 6.45) is 4.38. The Balaban J connectivity index is 1.09. The molecule has 0 saturated carbocycles. The number of benzene rings is 3. The minimum Gasteiger partial charge on any atom is -0.508 e. The standard InChI is InChI=1S/C31H38N4O/c1-2-15-34(24-13-14-25-23(22-24)7-5-12-30(25)36)19-16-33-17-20-35(21-18-33)29-11-6-10-28-31(29)26-8-3-4-9-27(26)32-28/h3-12,24,32,36H,2,13-22H2,1H3/t24-/m0/s1. The van der Waals surface area contributed by atoms with E-state index in [4.69, 9.17) is 0 Å². The molecule has 6 rings (SSSR count). The first-order valence-corrected chi connectivity index (χ1v) is 13.7. The molecule has 0 amide bonds. The van der Waals surface area contributed by atoms with Crippen molar-refractivity contribution < 1.29 is 5.11 Å². The maximum atomic E-state index is 10.2. The summed E-state index contributed by atoms with van der Waals surface area (Å²) in [5, 5.41) is 12.9.